The van der Waals surface area contributed by atoms with E-state index >= 15 is 0 Å². The molecule has 1 fully saturated rings. The van der Waals surface area contributed by atoms with Crippen molar-refractivity contribution >= 4 is 17.5 Å². The Balaban J connectivity index is 2.05. The van der Waals surface area contributed by atoms with Gasteiger partial charge in [-0.1, -0.05) is 32.0 Å². The number of amides is 2. The van der Waals surface area contributed by atoms with Crippen molar-refractivity contribution in [1.82, 2.24) is 0 Å². The summed E-state index contributed by atoms with van der Waals surface area (Å²) in [5.41, 5.74) is 7.51. The lowest BCUT2D eigenvalue weighted by atomic mass is 9.95. The highest BCUT2D eigenvalue weighted by Gasteiger charge is 2.33. The molecule has 1 unspecified atom stereocenters. The smallest absolute Gasteiger partial charge is 0.282 e. The van der Waals surface area contributed by atoms with Gasteiger partial charge in [-0.15, -0.1) is 0 Å². The van der Waals surface area contributed by atoms with Gasteiger partial charge in [-0.2, -0.15) is 0 Å². The zero-order valence-corrected chi connectivity index (χ0v) is 15.0. The Hall–Kier alpha value is -1.88. The minimum atomic E-state index is -0.248. The molecule has 2 rings (SSSR count). The third-order valence-electron chi connectivity index (χ3n) is 5.33. The first-order valence-electron chi connectivity index (χ1n) is 8.97. The molecule has 1 heterocycles. The average Bonchev–Trinajstić information content (AvgIpc) is 2.60. The molecule has 4 N–H and O–H groups in total. The summed E-state index contributed by atoms with van der Waals surface area (Å²) in [6.07, 6.45) is 2.80. The van der Waals surface area contributed by atoms with Gasteiger partial charge in [-0.25, -0.2) is 0 Å². The number of hydrogen-bond donors (Lipinski definition) is 3. The zero-order chi connectivity index (χ0) is 17.7. The number of nitrogens with one attached hydrogen (secondary N) is 2. The summed E-state index contributed by atoms with van der Waals surface area (Å²) in [5, 5.41) is 3.09. The van der Waals surface area contributed by atoms with Gasteiger partial charge in [0.05, 0.1) is 19.0 Å². The Labute approximate surface area is 144 Å². The highest BCUT2D eigenvalue weighted by molar-refractivity contribution is 5.94. The van der Waals surface area contributed by atoms with Crippen molar-refractivity contribution in [3.8, 4) is 0 Å². The molecule has 24 heavy (non-hydrogen) atoms. The number of primary amides is 1. The zero-order valence-electron chi connectivity index (χ0n) is 15.0. The summed E-state index contributed by atoms with van der Waals surface area (Å²) in [4.78, 5) is 25.3. The molecule has 2 amide bonds. The number of benzene rings is 1. The van der Waals surface area contributed by atoms with Gasteiger partial charge in [0.1, 0.15) is 0 Å². The normalized spacial score (nSPS) is 23.3. The van der Waals surface area contributed by atoms with Gasteiger partial charge >= 0.3 is 0 Å². The Bertz CT molecular complexity index is 588. The van der Waals surface area contributed by atoms with Crippen LogP contribution < -0.4 is 16.0 Å². The molecule has 0 spiro atoms. The number of carbonyl (C=O) groups is 2. The Morgan fingerprint density at radius 3 is 2.71 bits per heavy atom. The number of likely N-dealkylation sites (tertiary alicyclic amines) is 1. The Kier molecular flexibility index (Phi) is 6.37. The highest BCUT2D eigenvalue weighted by Crippen LogP contribution is 2.26. The van der Waals surface area contributed by atoms with Crippen molar-refractivity contribution in [2.45, 2.75) is 52.0 Å². The van der Waals surface area contributed by atoms with Crippen LogP contribution in [0.15, 0.2) is 24.3 Å². The fourth-order valence-electron chi connectivity index (χ4n) is 3.42. The summed E-state index contributed by atoms with van der Waals surface area (Å²) in [7, 11) is 0. The topological polar surface area (TPSA) is 76.6 Å². The summed E-state index contributed by atoms with van der Waals surface area (Å²) in [6.45, 7) is 7.80. The lowest BCUT2D eigenvalue weighted by Gasteiger charge is -2.32. The molecule has 1 aromatic rings. The maximum Gasteiger partial charge on any atom is 0.282 e. The van der Waals surface area contributed by atoms with E-state index in [4.69, 9.17) is 5.73 Å². The van der Waals surface area contributed by atoms with E-state index in [0.717, 1.165) is 36.4 Å². The summed E-state index contributed by atoms with van der Waals surface area (Å²) in [6, 6.07) is 7.80. The van der Waals surface area contributed by atoms with Gasteiger partial charge in [0.15, 0.2) is 6.04 Å². The van der Waals surface area contributed by atoms with Gasteiger partial charge in [0.2, 0.25) is 5.91 Å². The second-order valence-corrected chi connectivity index (χ2v) is 6.96. The van der Waals surface area contributed by atoms with Crippen LogP contribution in [0.25, 0.3) is 0 Å². The molecule has 132 valence electrons. The highest BCUT2D eigenvalue weighted by atomic mass is 16.2. The van der Waals surface area contributed by atoms with Crippen LogP contribution in [0.4, 0.5) is 5.69 Å². The molecular formula is C19H30N3O2+. The van der Waals surface area contributed by atoms with Gasteiger partial charge in [-0.05, 0) is 43.7 Å². The predicted octanol–water partition coefficient (Wildman–Crippen LogP) is 1.31. The molecule has 0 aromatic heterocycles. The van der Waals surface area contributed by atoms with Gasteiger partial charge in [0.25, 0.3) is 5.91 Å². The number of nitrogens with two attached hydrogens (primary N) is 1. The van der Waals surface area contributed by atoms with Crippen molar-refractivity contribution < 1.29 is 14.5 Å². The largest absolute Gasteiger partial charge is 0.369 e. The molecule has 4 atom stereocenters. The van der Waals surface area contributed by atoms with Crippen molar-refractivity contribution in [1.29, 1.82) is 0 Å². The van der Waals surface area contributed by atoms with E-state index < -0.39 is 0 Å². The number of rotatable bonds is 6. The number of anilines is 1. The first-order chi connectivity index (χ1) is 11.4. The number of hydrogen-bond acceptors (Lipinski definition) is 2. The minimum absolute atomic E-state index is 0.00544. The Morgan fingerprint density at radius 2 is 2.04 bits per heavy atom. The van der Waals surface area contributed by atoms with E-state index in [2.05, 4.69) is 25.2 Å². The second-order valence-electron chi connectivity index (χ2n) is 6.96. The number of piperidine rings is 1. The predicted molar refractivity (Wildman–Crippen MR) is 95.9 cm³/mol. The van der Waals surface area contributed by atoms with Gasteiger partial charge in [-0.3, -0.25) is 9.59 Å². The summed E-state index contributed by atoms with van der Waals surface area (Å²) >= 11 is 0. The standard InChI is InChI=1S/C19H29N3O2/c1-4-13(2)16-9-5-6-10-17(16)21-19(24)14(3)22-11-7-8-15(12-22)18(20)23/h5-6,9-10,13-15H,4,7-8,11-12H2,1-3H3,(H2,20,23)(H,21,24)/p+1/t13-,14+,15+/m1/s1. The summed E-state index contributed by atoms with van der Waals surface area (Å²) < 4.78 is 0. The van der Waals surface area contributed by atoms with Crippen molar-refractivity contribution in [3.05, 3.63) is 29.8 Å². The lowest BCUT2D eigenvalue weighted by molar-refractivity contribution is -0.921. The molecule has 5 nitrogen and oxygen atoms in total. The lowest BCUT2D eigenvalue weighted by Crippen LogP contribution is -3.18. The van der Waals surface area contributed by atoms with Crippen LogP contribution in [0, 0.1) is 5.92 Å². The number of carbonyl (C=O) groups excluding carboxylic acids is 2. The third kappa shape index (κ3) is 4.35. The molecule has 1 aliphatic rings. The maximum absolute atomic E-state index is 12.7. The first-order valence-corrected chi connectivity index (χ1v) is 8.97. The first kappa shape index (κ1) is 18.5. The molecule has 0 aliphatic carbocycles. The molecule has 0 radical (unpaired) electrons. The minimum Gasteiger partial charge on any atom is -0.369 e. The van der Waals surface area contributed by atoms with Crippen molar-refractivity contribution in [2.75, 3.05) is 18.4 Å². The monoisotopic (exact) mass is 332 g/mol. The van der Waals surface area contributed by atoms with Crippen LogP contribution in [-0.4, -0.2) is 30.9 Å². The van der Waals surface area contributed by atoms with E-state index in [1.807, 2.05) is 25.1 Å². The van der Waals surface area contributed by atoms with Gasteiger partial charge < -0.3 is 16.0 Å². The quantitative estimate of drug-likeness (QED) is 0.734. The van der Waals surface area contributed by atoms with E-state index in [9.17, 15) is 9.59 Å². The molecule has 5 heteroatoms. The van der Waals surface area contributed by atoms with Crippen LogP contribution in [-0.2, 0) is 9.59 Å². The van der Waals surface area contributed by atoms with Crippen LogP contribution >= 0.6 is 0 Å². The molecule has 0 saturated carbocycles. The van der Waals surface area contributed by atoms with E-state index in [1.54, 1.807) is 0 Å². The second kappa shape index (κ2) is 8.29. The SMILES string of the molecule is CC[C@@H](C)c1ccccc1NC(=O)[C@H](C)[NH+]1CCC[C@H](C(N)=O)C1. The summed E-state index contributed by atoms with van der Waals surface area (Å²) in [5.74, 6) is 0.0441. The van der Waals surface area contributed by atoms with E-state index in [0.29, 0.717) is 12.5 Å². The number of quaternary nitrogens is 1. The molecule has 1 aliphatic heterocycles. The molecule has 1 aromatic carbocycles. The van der Waals surface area contributed by atoms with Crippen LogP contribution in [0.3, 0.4) is 0 Å². The van der Waals surface area contributed by atoms with Crippen molar-refractivity contribution in [3.63, 3.8) is 0 Å². The van der Waals surface area contributed by atoms with Crippen LogP contribution in [0.5, 0.6) is 0 Å². The van der Waals surface area contributed by atoms with E-state index in [-0.39, 0.29) is 23.8 Å². The fourth-order valence-corrected chi connectivity index (χ4v) is 3.42. The number of para-hydroxylation sites is 1. The average molecular weight is 332 g/mol. The van der Waals surface area contributed by atoms with Crippen LogP contribution in [0.1, 0.15) is 51.5 Å². The van der Waals surface area contributed by atoms with Gasteiger partial charge in [0, 0.05) is 5.69 Å². The molecular weight excluding hydrogens is 302 g/mol. The fraction of sp³-hybridized carbons (Fsp3) is 0.579. The van der Waals surface area contributed by atoms with E-state index in [1.165, 1.54) is 5.56 Å². The maximum atomic E-state index is 12.7. The third-order valence-corrected chi connectivity index (χ3v) is 5.33. The molecule has 1 saturated heterocycles. The van der Waals surface area contributed by atoms with Crippen LogP contribution in [0.2, 0.25) is 0 Å². The molecule has 0 bridgehead atoms. The Morgan fingerprint density at radius 1 is 1.33 bits per heavy atom. The van der Waals surface area contributed by atoms with Crippen molar-refractivity contribution in [2.24, 2.45) is 11.7 Å².